The van der Waals surface area contributed by atoms with Gasteiger partial charge in [0.1, 0.15) is 0 Å². The van der Waals surface area contributed by atoms with Gasteiger partial charge in [-0.1, -0.05) is 48.5 Å². The summed E-state index contributed by atoms with van der Waals surface area (Å²) in [5.41, 5.74) is 3.75. The molecule has 6 heteroatoms. The van der Waals surface area contributed by atoms with Crippen LogP contribution in [0, 0.1) is 0 Å². The van der Waals surface area contributed by atoms with E-state index in [-0.39, 0.29) is 6.04 Å². The lowest BCUT2D eigenvalue weighted by molar-refractivity contribution is 0.299. The number of sulfonamides is 1. The van der Waals surface area contributed by atoms with E-state index in [0.717, 1.165) is 35.7 Å². The molecule has 0 amide bonds. The molecule has 4 rings (SSSR count). The minimum absolute atomic E-state index is 0.0488. The lowest BCUT2D eigenvalue weighted by atomic mass is 9.96. The lowest BCUT2D eigenvalue weighted by Crippen LogP contribution is -2.35. The normalized spacial score (nSPS) is 15.4. The first kappa shape index (κ1) is 20.8. The van der Waals surface area contributed by atoms with Gasteiger partial charge in [0.15, 0.2) is 0 Å². The summed E-state index contributed by atoms with van der Waals surface area (Å²) in [6.07, 6.45) is 2.21. The molecular weight excluding hydrogens is 394 g/mol. The Morgan fingerprint density at radius 3 is 2.63 bits per heavy atom. The molecule has 0 aliphatic carbocycles. The number of nitrogens with one attached hydrogen (secondary N) is 1. The number of benzene rings is 3. The predicted molar refractivity (Wildman–Crippen MR) is 124 cm³/mol. The number of anilines is 1. The van der Waals surface area contributed by atoms with Crippen LogP contribution >= 0.6 is 0 Å². The van der Waals surface area contributed by atoms with Crippen LogP contribution in [0.2, 0.25) is 0 Å². The Labute approximate surface area is 179 Å². The number of rotatable bonds is 6. The summed E-state index contributed by atoms with van der Waals surface area (Å²) in [7, 11) is 2.47. The van der Waals surface area contributed by atoms with E-state index < -0.39 is 10.0 Å². The van der Waals surface area contributed by atoms with Crippen molar-refractivity contribution in [2.45, 2.75) is 23.8 Å². The van der Waals surface area contributed by atoms with Crippen LogP contribution in [0.25, 0.3) is 10.8 Å². The fourth-order valence-corrected chi connectivity index (χ4v) is 5.57. The van der Waals surface area contributed by atoms with Crippen LogP contribution in [0.1, 0.15) is 23.6 Å². The molecule has 0 saturated heterocycles. The minimum Gasteiger partial charge on any atom is -0.374 e. The molecule has 0 spiro atoms. The van der Waals surface area contributed by atoms with Crippen LogP contribution in [0.4, 0.5) is 5.69 Å². The van der Waals surface area contributed by atoms with Gasteiger partial charge in [-0.2, -0.15) is 0 Å². The molecule has 0 saturated carbocycles. The molecule has 3 aromatic carbocycles. The molecule has 0 radical (unpaired) electrons. The summed E-state index contributed by atoms with van der Waals surface area (Å²) < 4.78 is 29.1. The zero-order chi connectivity index (χ0) is 21.3. The Balaban J connectivity index is 1.60. The molecule has 3 aromatic rings. The molecule has 1 N–H and O–H groups in total. The fourth-order valence-electron chi connectivity index (χ4n) is 4.31. The van der Waals surface area contributed by atoms with Gasteiger partial charge in [-0.25, -0.2) is 13.1 Å². The quantitative estimate of drug-likeness (QED) is 0.655. The largest absolute Gasteiger partial charge is 0.374 e. The van der Waals surface area contributed by atoms with Gasteiger partial charge in [0.25, 0.3) is 0 Å². The molecule has 0 unspecified atom stereocenters. The molecule has 158 valence electrons. The maximum Gasteiger partial charge on any atom is 0.241 e. The second-order valence-electron chi connectivity index (χ2n) is 8.22. The number of hydrogen-bond donors (Lipinski definition) is 1. The van der Waals surface area contributed by atoms with Gasteiger partial charge >= 0.3 is 0 Å². The van der Waals surface area contributed by atoms with Crippen LogP contribution in [-0.2, 0) is 16.4 Å². The Morgan fingerprint density at radius 1 is 1.07 bits per heavy atom. The zero-order valence-corrected chi connectivity index (χ0v) is 18.6. The number of likely N-dealkylation sites (N-methyl/N-ethyl adjacent to an activating group) is 1. The van der Waals surface area contributed by atoms with E-state index >= 15 is 0 Å². The van der Waals surface area contributed by atoms with Gasteiger partial charge in [-0.3, -0.25) is 0 Å². The van der Waals surface area contributed by atoms with Gasteiger partial charge in [0.2, 0.25) is 10.0 Å². The van der Waals surface area contributed by atoms with Crippen molar-refractivity contribution in [2.75, 3.05) is 39.1 Å². The van der Waals surface area contributed by atoms with Crippen molar-refractivity contribution in [2.24, 2.45) is 0 Å². The Bertz CT molecular complexity index is 1150. The van der Waals surface area contributed by atoms with Gasteiger partial charge in [-0.05, 0) is 55.6 Å². The third-order valence-corrected chi connectivity index (χ3v) is 7.45. The minimum atomic E-state index is -3.63. The number of aryl methyl sites for hydroxylation is 1. The second kappa shape index (κ2) is 8.38. The second-order valence-corrected chi connectivity index (χ2v) is 9.96. The standard InChI is InChI=1S/C24H29N3O2S/c1-26(2)23(20-13-14-22-19(16-20)10-7-15-27(22)3)17-25-30(28,29)24-12-6-9-18-8-4-5-11-21(18)24/h4-6,8-9,11-14,16,23,25H,7,10,15,17H2,1-3H3/t23-/m0/s1. The number of hydrogen-bond acceptors (Lipinski definition) is 4. The van der Waals surface area contributed by atoms with E-state index in [4.69, 9.17) is 0 Å². The van der Waals surface area contributed by atoms with Crippen LogP contribution in [0.5, 0.6) is 0 Å². The van der Waals surface area contributed by atoms with Gasteiger partial charge in [-0.15, -0.1) is 0 Å². The van der Waals surface area contributed by atoms with E-state index in [1.54, 1.807) is 12.1 Å². The Kier molecular flexibility index (Phi) is 5.82. The van der Waals surface area contributed by atoms with Crippen molar-refractivity contribution in [3.05, 3.63) is 71.8 Å². The zero-order valence-electron chi connectivity index (χ0n) is 17.8. The van der Waals surface area contributed by atoms with Crippen molar-refractivity contribution >= 4 is 26.5 Å². The van der Waals surface area contributed by atoms with Crippen LogP contribution < -0.4 is 9.62 Å². The average molecular weight is 424 g/mol. The summed E-state index contributed by atoms with van der Waals surface area (Å²) in [4.78, 5) is 4.68. The van der Waals surface area contributed by atoms with E-state index in [9.17, 15) is 8.42 Å². The van der Waals surface area contributed by atoms with Crippen LogP contribution in [0.15, 0.2) is 65.6 Å². The van der Waals surface area contributed by atoms with Gasteiger partial charge < -0.3 is 9.80 Å². The average Bonchev–Trinajstić information content (AvgIpc) is 2.73. The molecule has 0 bridgehead atoms. The summed E-state index contributed by atoms with van der Waals surface area (Å²) in [5, 5.41) is 1.66. The third kappa shape index (κ3) is 4.08. The molecule has 5 nitrogen and oxygen atoms in total. The van der Waals surface area contributed by atoms with E-state index in [0.29, 0.717) is 11.4 Å². The monoisotopic (exact) mass is 423 g/mol. The SMILES string of the molecule is CN1CCCc2cc([C@H](CNS(=O)(=O)c3cccc4ccccc34)N(C)C)ccc21. The molecule has 0 fully saturated rings. The van der Waals surface area contributed by atoms with Crippen molar-refractivity contribution in [1.29, 1.82) is 0 Å². The summed E-state index contributed by atoms with van der Waals surface area (Å²) in [6, 6.07) is 19.4. The highest BCUT2D eigenvalue weighted by Gasteiger charge is 2.23. The first-order valence-corrected chi connectivity index (χ1v) is 11.8. The first-order valence-electron chi connectivity index (χ1n) is 10.3. The molecule has 1 aliphatic rings. The van der Waals surface area contributed by atoms with Crippen molar-refractivity contribution < 1.29 is 8.42 Å². The van der Waals surface area contributed by atoms with Gasteiger partial charge in [0, 0.05) is 37.3 Å². The summed E-state index contributed by atoms with van der Waals surface area (Å²) in [6.45, 7) is 1.39. The highest BCUT2D eigenvalue weighted by atomic mass is 32.2. The van der Waals surface area contributed by atoms with Crippen LogP contribution in [-0.4, -0.2) is 47.6 Å². The topological polar surface area (TPSA) is 52.7 Å². The van der Waals surface area contributed by atoms with Crippen molar-refractivity contribution in [1.82, 2.24) is 9.62 Å². The highest BCUT2D eigenvalue weighted by molar-refractivity contribution is 7.89. The van der Waals surface area contributed by atoms with Crippen molar-refractivity contribution in [3.8, 4) is 0 Å². The van der Waals surface area contributed by atoms with Crippen molar-refractivity contribution in [3.63, 3.8) is 0 Å². The van der Waals surface area contributed by atoms with E-state index in [2.05, 4.69) is 39.8 Å². The first-order chi connectivity index (χ1) is 14.4. The predicted octanol–water partition coefficient (Wildman–Crippen LogP) is 3.80. The highest BCUT2D eigenvalue weighted by Crippen LogP contribution is 2.30. The fraction of sp³-hybridized carbons (Fsp3) is 0.333. The Hall–Kier alpha value is -2.41. The Morgan fingerprint density at radius 2 is 1.83 bits per heavy atom. The smallest absolute Gasteiger partial charge is 0.241 e. The van der Waals surface area contributed by atoms with E-state index in [1.165, 1.54) is 11.3 Å². The number of nitrogens with zero attached hydrogens (tertiary/aromatic N) is 2. The van der Waals surface area contributed by atoms with Gasteiger partial charge in [0.05, 0.1) is 4.90 Å². The van der Waals surface area contributed by atoms with Crippen LogP contribution in [0.3, 0.4) is 0 Å². The molecule has 1 heterocycles. The molecule has 1 aliphatic heterocycles. The molecule has 0 aromatic heterocycles. The number of fused-ring (bicyclic) bond motifs is 2. The summed E-state index contributed by atoms with van der Waals surface area (Å²) >= 11 is 0. The summed E-state index contributed by atoms with van der Waals surface area (Å²) in [5.74, 6) is 0. The molecule has 1 atom stereocenters. The van der Waals surface area contributed by atoms with E-state index in [1.807, 2.05) is 44.4 Å². The molecule has 30 heavy (non-hydrogen) atoms. The maximum atomic E-state index is 13.1. The lowest BCUT2D eigenvalue weighted by Gasteiger charge is -2.30. The maximum absolute atomic E-state index is 13.1. The molecular formula is C24H29N3O2S. The third-order valence-electron chi connectivity index (χ3n) is 5.97.